The number of ether oxygens (including phenoxy) is 2. The molecule has 3 aromatic carbocycles. The van der Waals surface area contributed by atoms with E-state index in [-0.39, 0.29) is 13.0 Å². The van der Waals surface area contributed by atoms with Gasteiger partial charge in [0, 0.05) is 6.54 Å². The molecule has 7 heteroatoms. The number of hydrogen-bond donors (Lipinski definition) is 2. The van der Waals surface area contributed by atoms with Crippen LogP contribution in [0.1, 0.15) is 42.3 Å². The van der Waals surface area contributed by atoms with Crippen LogP contribution in [-0.4, -0.2) is 35.7 Å². The Kier molecular flexibility index (Phi) is 9.22. The Morgan fingerprint density at radius 3 is 1.86 bits per heavy atom. The van der Waals surface area contributed by atoms with Crippen LogP contribution < -0.4 is 10.6 Å². The molecule has 2 atom stereocenters. The minimum Gasteiger partial charge on any atom is -0.446 e. The summed E-state index contributed by atoms with van der Waals surface area (Å²) in [4.78, 5) is 39.1. The molecule has 0 aliphatic heterocycles. The summed E-state index contributed by atoms with van der Waals surface area (Å²) < 4.78 is 11.2. The molecule has 0 saturated heterocycles. The van der Waals surface area contributed by atoms with Gasteiger partial charge >= 0.3 is 12.1 Å². The summed E-state index contributed by atoms with van der Waals surface area (Å²) >= 11 is 0. The number of benzene rings is 3. The molecule has 0 radical (unpaired) electrons. The van der Waals surface area contributed by atoms with Crippen molar-refractivity contribution in [1.29, 1.82) is 0 Å². The average Bonchev–Trinajstić information content (AvgIpc) is 2.86. The van der Waals surface area contributed by atoms with Crippen LogP contribution in [0.4, 0.5) is 4.79 Å². The first-order valence-electron chi connectivity index (χ1n) is 11.8. The molecule has 3 rings (SSSR count). The third kappa shape index (κ3) is 8.58. The van der Waals surface area contributed by atoms with Gasteiger partial charge in [0.2, 0.25) is 6.10 Å². The number of esters is 1. The van der Waals surface area contributed by atoms with Gasteiger partial charge in [-0.3, -0.25) is 4.79 Å². The average molecular weight is 489 g/mol. The molecule has 0 aliphatic carbocycles. The molecule has 0 bridgehead atoms. The van der Waals surface area contributed by atoms with Gasteiger partial charge < -0.3 is 20.1 Å². The Labute approximate surface area is 211 Å². The smallest absolute Gasteiger partial charge is 0.408 e. The van der Waals surface area contributed by atoms with Gasteiger partial charge in [0.05, 0.1) is 11.6 Å². The maximum Gasteiger partial charge on any atom is 0.408 e. The minimum absolute atomic E-state index is 0.240. The first-order chi connectivity index (χ1) is 17.2. The Morgan fingerprint density at radius 1 is 0.778 bits per heavy atom. The summed E-state index contributed by atoms with van der Waals surface area (Å²) in [5, 5.41) is 5.59. The lowest BCUT2D eigenvalue weighted by molar-refractivity contribution is -0.131. The number of rotatable bonds is 9. The van der Waals surface area contributed by atoms with Crippen molar-refractivity contribution in [2.75, 3.05) is 0 Å². The molecule has 0 heterocycles. The van der Waals surface area contributed by atoms with Crippen molar-refractivity contribution >= 4 is 18.0 Å². The highest BCUT2D eigenvalue weighted by Gasteiger charge is 2.35. The second-order valence-electron chi connectivity index (χ2n) is 9.34. The highest BCUT2D eigenvalue weighted by atomic mass is 16.6. The number of nitrogens with one attached hydrogen (secondary N) is 2. The Balaban J connectivity index is 1.88. The van der Waals surface area contributed by atoms with Crippen molar-refractivity contribution in [3.05, 3.63) is 108 Å². The Bertz CT molecular complexity index is 1130. The van der Waals surface area contributed by atoms with E-state index in [1.54, 1.807) is 51.1 Å². The second-order valence-corrected chi connectivity index (χ2v) is 9.34. The summed E-state index contributed by atoms with van der Waals surface area (Å²) in [5.74, 6) is -1.19. The predicted octanol–water partition coefficient (Wildman–Crippen LogP) is 4.66. The Morgan fingerprint density at radius 2 is 1.31 bits per heavy atom. The fraction of sp³-hybridized carbons (Fsp3) is 0.276. The van der Waals surface area contributed by atoms with E-state index in [4.69, 9.17) is 9.47 Å². The normalized spacial score (nSPS) is 12.6. The van der Waals surface area contributed by atoms with Crippen LogP contribution in [-0.2, 0) is 27.2 Å². The van der Waals surface area contributed by atoms with Crippen molar-refractivity contribution in [3.8, 4) is 0 Å². The van der Waals surface area contributed by atoms with E-state index in [2.05, 4.69) is 10.6 Å². The highest BCUT2D eigenvalue weighted by molar-refractivity contribution is 5.92. The van der Waals surface area contributed by atoms with Crippen molar-refractivity contribution < 1.29 is 23.9 Å². The van der Waals surface area contributed by atoms with E-state index in [9.17, 15) is 14.4 Å². The number of carbonyl (C=O) groups excluding carboxylic acids is 3. The van der Waals surface area contributed by atoms with E-state index < -0.39 is 35.7 Å². The molecule has 0 aromatic heterocycles. The zero-order valence-electron chi connectivity index (χ0n) is 20.8. The number of amides is 2. The molecule has 188 valence electrons. The molecule has 0 saturated carbocycles. The zero-order chi connectivity index (χ0) is 26.0. The molecule has 0 aliphatic rings. The van der Waals surface area contributed by atoms with Gasteiger partial charge in [-0.1, -0.05) is 78.9 Å². The lowest BCUT2D eigenvalue weighted by Gasteiger charge is -2.29. The molecular formula is C29H32N2O5. The largest absolute Gasteiger partial charge is 0.446 e. The van der Waals surface area contributed by atoms with Crippen LogP contribution >= 0.6 is 0 Å². The molecule has 1 unspecified atom stereocenters. The third-order valence-corrected chi connectivity index (χ3v) is 5.18. The van der Waals surface area contributed by atoms with E-state index in [1.165, 1.54) is 0 Å². The molecular weight excluding hydrogens is 456 g/mol. The quantitative estimate of drug-likeness (QED) is 0.427. The van der Waals surface area contributed by atoms with E-state index in [1.807, 2.05) is 60.7 Å². The lowest BCUT2D eigenvalue weighted by Crippen LogP contribution is -2.54. The summed E-state index contributed by atoms with van der Waals surface area (Å²) in [7, 11) is 0. The molecule has 3 aromatic rings. The van der Waals surface area contributed by atoms with Crippen LogP contribution in [0.3, 0.4) is 0 Å². The van der Waals surface area contributed by atoms with Crippen LogP contribution in [0, 0.1) is 0 Å². The van der Waals surface area contributed by atoms with Gasteiger partial charge in [-0.2, -0.15) is 0 Å². The highest BCUT2D eigenvalue weighted by Crippen LogP contribution is 2.15. The summed E-state index contributed by atoms with van der Waals surface area (Å²) in [5.41, 5.74) is 1.30. The van der Waals surface area contributed by atoms with E-state index in [0.29, 0.717) is 5.56 Å². The van der Waals surface area contributed by atoms with Crippen molar-refractivity contribution in [2.45, 2.75) is 51.5 Å². The topological polar surface area (TPSA) is 93.7 Å². The van der Waals surface area contributed by atoms with E-state index in [0.717, 1.165) is 11.1 Å². The second kappa shape index (κ2) is 12.5. The first kappa shape index (κ1) is 26.5. The molecule has 2 amide bonds. The van der Waals surface area contributed by atoms with Crippen LogP contribution in [0.25, 0.3) is 0 Å². The third-order valence-electron chi connectivity index (χ3n) is 5.18. The minimum atomic E-state index is -1.31. The predicted molar refractivity (Wildman–Crippen MR) is 137 cm³/mol. The fourth-order valence-corrected chi connectivity index (χ4v) is 3.52. The lowest BCUT2D eigenvalue weighted by atomic mass is 10.00. The fourth-order valence-electron chi connectivity index (χ4n) is 3.52. The van der Waals surface area contributed by atoms with Crippen LogP contribution in [0.5, 0.6) is 0 Å². The summed E-state index contributed by atoms with van der Waals surface area (Å²) in [6, 6.07) is 26.3. The van der Waals surface area contributed by atoms with Gasteiger partial charge in [-0.25, -0.2) is 9.59 Å². The van der Waals surface area contributed by atoms with Gasteiger partial charge in [-0.05, 0) is 50.5 Å². The van der Waals surface area contributed by atoms with Gasteiger partial charge in [-0.15, -0.1) is 0 Å². The van der Waals surface area contributed by atoms with Gasteiger partial charge in [0.1, 0.15) is 5.60 Å². The molecule has 7 nitrogen and oxygen atoms in total. The van der Waals surface area contributed by atoms with Crippen molar-refractivity contribution in [2.24, 2.45) is 0 Å². The SMILES string of the molecule is CC(C)(C)OC(=O)N[C@@H](Cc1ccccc1)C(OC(=O)c1ccccc1)C(=O)NCc1ccccc1. The number of hydrogen-bond acceptors (Lipinski definition) is 5. The maximum atomic E-state index is 13.4. The standard InChI is InChI=1S/C29H32N2O5/c1-29(2,3)36-28(34)31-24(19-21-13-7-4-8-14-21)25(35-27(33)23-17-11-6-12-18-23)26(32)30-20-22-15-9-5-10-16-22/h4-18,24-25H,19-20H2,1-3H3,(H,30,32)(H,31,34)/t24-,25?/m0/s1. The van der Waals surface area contributed by atoms with Gasteiger partial charge in [0.25, 0.3) is 5.91 Å². The monoisotopic (exact) mass is 488 g/mol. The molecule has 2 N–H and O–H groups in total. The maximum absolute atomic E-state index is 13.4. The van der Waals surface area contributed by atoms with Crippen LogP contribution in [0.2, 0.25) is 0 Å². The molecule has 0 fully saturated rings. The van der Waals surface area contributed by atoms with Crippen molar-refractivity contribution in [1.82, 2.24) is 10.6 Å². The first-order valence-corrected chi connectivity index (χ1v) is 11.8. The van der Waals surface area contributed by atoms with E-state index >= 15 is 0 Å². The van der Waals surface area contributed by atoms with Crippen molar-refractivity contribution in [3.63, 3.8) is 0 Å². The number of alkyl carbamates (subject to hydrolysis) is 1. The summed E-state index contributed by atoms with van der Waals surface area (Å²) in [6.45, 7) is 5.48. The molecule has 0 spiro atoms. The summed E-state index contributed by atoms with van der Waals surface area (Å²) in [6.07, 6.45) is -1.78. The van der Waals surface area contributed by atoms with Gasteiger partial charge in [0.15, 0.2) is 0 Å². The number of carbonyl (C=O) groups is 3. The Hall–Kier alpha value is -4.13. The molecule has 36 heavy (non-hydrogen) atoms. The zero-order valence-corrected chi connectivity index (χ0v) is 20.8. The van der Waals surface area contributed by atoms with Crippen LogP contribution in [0.15, 0.2) is 91.0 Å².